The molecule has 0 N–H and O–H groups in total. The quantitative estimate of drug-likeness (QED) is 0.217. The Balaban J connectivity index is 1.75. The molecule has 0 radical (unpaired) electrons. The molecule has 7 aromatic rings. The molecule has 0 fully saturated rings. The Bertz CT molecular complexity index is 1960. The van der Waals surface area contributed by atoms with Gasteiger partial charge in [-0.3, -0.25) is 0 Å². The molecule has 38 heavy (non-hydrogen) atoms. The zero-order valence-corrected chi connectivity index (χ0v) is 21.9. The molecule has 7 aromatic carbocycles. The van der Waals surface area contributed by atoms with Crippen LogP contribution in [0, 0.1) is 0 Å². The van der Waals surface area contributed by atoms with Crippen molar-refractivity contribution >= 4 is 43.1 Å². The lowest BCUT2D eigenvalue weighted by Gasteiger charge is -2.23. The van der Waals surface area contributed by atoms with Gasteiger partial charge in [-0.1, -0.05) is 141 Å². The third kappa shape index (κ3) is 3.45. The first kappa shape index (κ1) is 22.8. The van der Waals surface area contributed by atoms with Crippen LogP contribution in [0.5, 0.6) is 0 Å². The van der Waals surface area contributed by atoms with Crippen molar-refractivity contribution in [3.8, 4) is 22.3 Å². The number of benzene rings is 7. The van der Waals surface area contributed by atoms with E-state index in [9.17, 15) is 0 Å². The molecule has 0 aliphatic carbocycles. The third-order valence-electron chi connectivity index (χ3n) is 8.34. The normalized spacial score (nSPS) is 12.5. The smallest absolute Gasteiger partial charge is 0.00173 e. The van der Waals surface area contributed by atoms with E-state index in [4.69, 9.17) is 0 Å². The van der Waals surface area contributed by atoms with Gasteiger partial charge in [-0.15, -0.1) is 0 Å². The number of hydrogen-bond donors (Lipinski definition) is 0. The average molecular weight is 487 g/mol. The van der Waals surface area contributed by atoms with Crippen LogP contribution in [0.3, 0.4) is 0 Å². The van der Waals surface area contributed by atoms with Crippen LogP contribution >= 0.6 is 0 Å². The lowest BCUT2D eigenvalue weighted by Crippen LogP contribution is -1.98. The van der Waals surface area contributed by atoms with Crippen LogP contribution in [0.2, 0.25) is 0 Å². The predicted octanol–water partition coefficient (Wildman–Crippen LogP) is 11.1. The summed E-state index contributed by atoms with van der Waals surface area (Å²) in [6, 6.07) is 47.0. The maximum atomic E-state index is 2.37. The highest BCUT2D eigenvalue weighted by Crippen LogP contribution is 2.48. The van der Waals surface area contributed by atoms with E-state index in [0.29, 0.717) is 5.92 Å². The maximum absolute atomic E-state index is 2.37. The highest BCUT2D eigenvalue weighted by atomic mass is 14.2. The van der Waals surface area contributed by atoms with E-state index in [1.165, 1.54) is 70.9 Å². The summed E-state index contributed by atoms with van der Waals surface area (Å²) in [7, 11) is 0. The molecule has 0 aliphatic heterocycles. The first-order valence-corrected chi connectivity index (χ1v) is 13.7. The zero-order chi connectivity index (χ0) is 25.6. The Morgan fingerprint density at radius 3 is 1.50 bits per heavy atom. The number of rotatable bonds is 4. The first-order valence-electron chi connectivity index (χ1n) is 13.7. The summed E-state index contributed by atoms with van der Waals surface area (Å²) in [6.07, 6.45) is 1.10. The van der Waals surface area contributed by atoms with Crippen molar-refractivity contribution in [2.75, 3.05) is 0 Å². The third-order valence-corrected chi connectivity index (χ3v) is 8.34. The number of fused-ring (bicyclic) bond motifs is 4. The molecule has 0 nitrogen and oxygen atoms in total. The SMILES string of the molecule is CCC(C)c1cccc2c(-c3cccc4ccccc34)c3ccccc3c(-c3cccc4ccccc34)c12. The molecule has 0 saturated heterocycles. The fraction of sp³-hybridized carbons (Fsp3) is 0.105. The molecule has 0 aromatic heterocycles. The zero-order valence-electron chi connectivity index (χ0n) is 21.9. The van der Waals surface area contributed by atoms with Gasteiger partial charge >= 0.3 is 0 Å². The Morgan fingerprint density at radius 1 is 0.447 bits per heavy atom. The van der Waals surface area contributed by atoms with Gasteiger partial charge in [-0.2, -0.15) is 0 Å². The highest BCUT2D eigenvalue weighted by Gasteiger charge is 2.22. The van der Waals surface area contributed by atoms with Gasteiger partial charge < -0.3 is 0 Å². The molecule has 182 valence electrons. The van der Waals surface area contributed by atoms with Crippen molar-refractivity contribution < 1.29 is 0 Å². The summed E-state index contributed by atoms with van der Waals surface area (Å²) in [6.45, 7) is 4.67. The van der Waals surface area contributed by atoms with E-state index in [-0.39, 0.29) is 0 Å². The van der Waals surface area contributed by atoms with Gasteiger partial charge in [0.05, 0.1) is 0 Å². The van der Waals surface area contributed by atoms with Gasteiger partial charge in [-0.05, 0) is 83.2 Å². The van der Waals surface area contributed by atoms with Crippen LogP contribution in [-0.2, 0) is 0 Å². The summed E-state index contributed by atoms with van der Waals surface area (Å²) in [5.41, 5.74) is 6.73. The minimum atomic E-state index is 0.453. The van der Waals surface area contributed by atoms with Crippen LogP contribution in [0.4, 0.5) is 0 Å². The van der Waals surface area contributed by atoms with Crippen LogP contribution < -0.4 is 0 Å². The predicted molar refractivity (Wildman–Crippen MR) is 166 cm³/mol. The second kappa shape index (κ2) is 9.15. The average Bonchev–Trinajstić information content (AvgIpc) is 2.99. The van der Waals surface area contributed by atoms with Crippen LogP contribution in [-0.4, -0.2) is 0 Å². The first-order chi connectivity index (χ1) is 18.8. The standard InChI is InChI=1S/C38H30/c1-3-25(2)28-21-12-24-35-36(31-22-10-15-26-13-4-6-17-29(26)31)33-19-8-9-20-34(33)38(37(28)35)32-23-11-16-27-14-5-7-18-30(27)32/h4-25H,3H2,1-2H3. The summed E-state index contributed by atoms with van der Waals surface area (Å²) in [4.78, 5) is 0. The fourth-order valence-corrected chi connectivity index (χ4v) is 6.34. The molecule has 0 bridgehead atoms. The molecule has 0 heterocycles. The van der Waals surface area contributed by atoms with Crippen LogP contribution in [0.1, 0.15) is 31.7 Å². The molecular formula is C38H30. The van der Waals surface area contributed by atoms with Crippen molar-refractivity contribution in [2.24, 2.45) is 0 Å². The molecule has 1 atom stereocenters. The Labute approximate surface area is 224 Å². The minimum absolute atomic E-state index is 0.453. The second-order valence-corrected chi connectivity index (χ2v) is 10.4. The lowest BCUT2D eigenvalue weighted by molar-refractivity contribution is 0.740. The van der Waals surface area contributed by atoms with Crippen molar-refractivity contribution in [3.05, 3.63) is 133 Å². The van der Waals surface area contributed by atoms with Gasteiger partial charge in [0.1, 0.15) is 0 Å². The molecule has 0 amide bonds. The van der Waals surface area contributed by atoms with E-state index in [2.05, 4.69) is 141 Å². The van der Waals surface area contributed by atoms with Gasteiger partial charge in [-0.25, -0.2) is 0 Å². The second-order valence-electron chi connectivity index (χ2n) is 10.4. The molecule has 1 unspecified atom stereocenters. The summed E-state index contributed by atoms with van der Waals surface area (Å²) in [5, 5.41) is 10.5. The Hall–Kier alpha value is -4.42. The molecule has 0 saturated carbocycles. The molecule has 0 aliphatic rings. The lowest BCUT2D eigenvalue weighted by atomic mass is 9.80. The van der Waals surface area contributed by atoms with Crippen molar-refractivity contribution in [3.63, 3.8) is 0 Å². The van der Waals surface area contributed by atoms with E-state index in [1.54, 1.807) is 0 Å². The van der Waals surface area contributed by atoms with Gasteiger partial charge in [0.25, 0.3) is 0 Å². The van der Waals surface area contributed by atoms with Crippen LogP contribution in [0.15, 0.2) is 127 Å². The maximum Gasteiger partial charge on any atom is -0.00173 e. The molecule has 0 spiro atoms. The Kier molecular flexibility index (Phi) is 5.48. The highest BCUT2D eigenvalue weighted by molar-refractivity contribution is 6.26. The molecule has 0 heteroatoms. The van der Waals surface area contributed by atoms with E-state index < -0.39 is 0 Å². The van der Waals surface area contributed by atoms with Crippen molar-refractivity contribution in [2.45, 2.75) is 26.2 Å². The molecule has 7 rings (SSSR count). The van der Waals surface area contributed by atoms with Crippen molar-refractivity contribution in [1.29, 1.82) is 0 Å². The topological polar surface area (TPSA) is 0 Å². The largest absolute Gasteiger partial charge is 0.0648 e. The monoisotopic (exact) mass is 486 g/mol. The Morgan fingerprint density at radius 2 is 0.895 bits per heavy atom. The van der Waals surface area contributed by atoms with Gasteiger partial charge in [0.15, 0.2) is 0 Å². The number of hydrogen-bond acceptors (Lipinski definition) is 0. The van der Waals surface area contributed by atoms with E-state index in [0.717, 1.165) is 6.42 Å². The van der Waals surface area contributed by atoms with Gasteiger partial charge in [0, 0.05) is 0 Å². The minimum Gasteiger partial charge on any atom is -0.0648 e. The molecular weight excluding hydrogens is 456 g/mol. The van der Waals surface area contributed by atoms with E-state index >= 15 is 0 Å². The summed E-state index contributed by atoms with van der Waals surface area (Å²) in [5.74, 6) is 0.453. The van der Waals surface area contributed by atoms with Crippen LogP contribution in [0.25, 0.3) is 65.3 Å². The summed E-state index contributed by atoms with van der Waals surface area (Å²) < 4.78 is 0. The fourth-order valence-electron chi connectivity index (χ4n) is 6.34. The van der Waals surface area contributed by atoms with E-state index in [1.807, 2.05) is 0 Å². The summed E-state index contributed by atoms with van der Waals surface area (Å²) >= 11 is 0. The van der Waals surface area contributed by atoms with Crippen molar-refractivity contribution in [1.82, 2.24) is 0 Å². The van der Waals surface area contributed by atoms with Gasteiger partial charge in [0.2, 0.25) is 0 Å².